The molecule has 1 heterocycles. The van der Waals surface area contributed by atoms with Crippen LogP contribution >= 0.6 is 27.5 Å². The molecule has 0 saturated carbocycles. The van der Waals surface area contributed by atoms with E-state index < -0.39 is 0 Å². The van der Waals surface area contributed by atoms with Gasteiger partial charge in [-0.2, -0.15) is 0 Å². The predicted octanol–water partition coefficient (Wildman–Crippen LogP) is 2.84. The summed E-state index contributed by atoms with van der Waals surface area (Å²) in [6, 6.07) is 7.41. The van der Waals surface area contributed by atoms with E-state index in [9.17, 15) is 4.79 Å². The highest BCUT2D eigenvalue weighted by molar-refractivity contribution is 9.10. The summed E-state index contributed by atoms with van der Waals surface area (Å²) in [6.07, 6.45) is 0.837. The molecule has 0 N–H and O–H groups in total. The maximum absolute atomic E-state index is 11.7. The second-order valence-electron chi connectivity index (χ2n) is 3.20. The van der Waals surface area contributed by atoms with Gasteiger partial charge in [-0.3, -0.25) is 4.79 Å². The largest absolute Gasteiger partial charge is 0.310 e. The van der Waals surface area contributed by atoms with Crippen LogP contribution in [0.5, 0.6) is 0 Å². The Kier molecular flexibility index (Phi) is 2.79. The molecule has 2 rings (SSSR count). The summed E-state index contributed by atoms with van der Waals surface area (Å²) in [5, 5.41) is 0.627. The number of benzene rings is 1. The molecular weight excluding hydrogens is 265 g/mol. The lowest BCUT2D eigenvalue weighted by Crippen LogP contribution is -2.27. The number of nitrogens with zero attached hydrogens (tertiary/aromatic N) is 1. The fraction of sp³-hybridized carbons (Fsp3) is 0.300. The van der Waals surface area contributed by atoms with Crippen LogP contribution in [0.3, 0.4) is 0 Å². The van der Waals surface area contributed by atoms with Gasteiger partial charge in [0, 0.05) is 6.54 Å². The van der Waals surface area contributed by atoms with E-state index in [1.54, 1.807) is 11.0 Å². The second kappa shape index (κ2) is 3.91. The molecular formula is C10H9BrClNO. The molecule has 0 unspecified atom stereocenters. The molecule has 0 spiro atoms. The average Bonchev–Trinajstić information content (AvgIpc) is 2.49. The topological polar surface area (TPSA) is 20.3 Å². The Morgan fingerprint density at radius 2 is 2.14 bits per heavy atom. The molecule has 1 saturated heterocycles. The number of alkyl halides is 1. The summed E-state index contributed by atoms with van der Waals surface area (Å²) in [5.74, 6) is 0.0955. The van der Waals surface area contributed by atoms with Gasteiger partial charge >= 0.3 is 0 Å². The Hall–Kier alpha value is -0.540. The van der Waals surface area contributed by atoms with Crippen LogP contribution < -0.4 is 4.90 Å². The number of para-hydroxylation sites is 1. The molecule has 0 radical (unpaired) electrons. The van der Waals surface area contributed by atoms with E-state index in [1.165, 1.54) is 0 Å². The zero-order valence-electron chi connectivity index (χ0n) is 7.41. The first-order valence-electron chi connectivity index (χ1n) is 4.40. The number of carbonyl (C=O) groups is 1. The maximum atomic E-state index is 11.7. The highest BCUT2D eigenvalue weighted by Gasteiger charge is 2.31. The van der Waals surface area contributed by atoms with Gasteiger partial charge in [0.15, 0.2) is 0 Å². The van der Waals surface area contributed by atoms with E-state index in [4.69, 9.17) is 11.6 Å². The summed E-state index contributed by atoms with van der Waals surface area (Å²) in [5.41, 5.74) is 0.807. The molecule has 1 aromatic carbocycles. The molecule has 74 valence electrons. The highest BCUT2D eigenvalue weighted by atomic mass is 79.9. The Morgan fingerprint density at radius 1 is 1.43 bits per heavy atom. The summed E-state index contributed by atoms with van der Waals surface area (Å²) in [6.45, 7) is 0.735. The lowest BCUT2D eigenvalue weighted by atomic mass is 10.3. The fourth-order valence-electron chi connectivity index (χ4n) is 1.56. The molecule has 1 atom stereocenters. The zero-order valence-corrected chi connectivity index (χ0v) is 9.75. The molecule has 1 aromatic rings. The zero-order chi connectivity index (χ0) is 10.1. The quantitative estimate of drug-likeness (QED) is 0.721. The van der Waals surface area contributed by atoms with Gasteiger partial charge in [0.05, 0.1) is 15.5 Å². The smallest absolute Gasteiger partial charge is 0.240 e. The Labute approximate surface area is 96.0 Å². The molecule has 0 aromatic heterocycles. The standard InChI is InChI=1S/C10H9BrClNO/c11-7-5-6-13(10(7)14)9-4-2-1-3-8(9)12/h1-4,7H,5-6H2/t7-/m1/s1. The van der Waals surface area contributed by atoms with Crippen molar-refractivity contribution in [3.8, 4) is 0 Å². The van der Waals surface area contributed by atoms with Crippen molar-refractivity contribution in [2.75, 3.05) is 11.4 Å². The van der Waals surface area contributed by atoms with Crippen LogP contribution in [0.25, 0.3) is 0 Å². The van der Waals surface area contributed by atoms with Crippen molar-refractivity contribution in [3.05, 3.63) is 29.3 Å². The minimum atomic E-state index is -0.0567. The summed E-state index contributed by atoms with van der Waals surface area (Å²) in [7, 11) is 0. The van der Waals surface area contributed by atoms with Gasteiger partial charge in [-0.25, -0.2) is 0 Å². The first kappa shape index (κ1) is 9.99. The number of rotatable bonds is 1. The number of hydrogen-bond donors (Lipinski definition) is 0. The van der Waals surface area contributed by atoms with E-state index in [2.05, 4.69) is 15.9 Å². The van der Waals surface area contributed by atoms with Gasteiger partial charge in [0.2, 0.25) is 5.91 Å². The van der Waals surface area contributed by atoms with Crippen molar-refractivity contribution in [1.82, 2.24) is 0 Å². The normalized spacial score (nSPS) is 21.7. The number of hydrogen-bond acceptors (Lipinski definition) is 1. The van der Waals surface area contributed by atoms with Crippen LogP contribution in [0, 0.1) is 0 Å². The second-order valence-corrected chi connectivity index (χ2v) is 4.71. The fourth-order valence-corrected chi connectivity index (χ4v) is 2.24. The number of anilines is 1. The molecule has 1 aliphatic heterocycles. The summed E-state index contributed by atoms with van der Waals surface area (Å²) < 4.78 is 0. The summed E-state index contributed by atoms with van der Waals surface area (Å²) >= 11 is 9.34. The predicted molar refractivity (Wildman–Crippen MR) is 61.1 cm³/mol. The first-order valence-corrected chi connectivity index (χ1v) is 5.69. The lowest BCUT2D eigenvalue weighted by Gasteiger charge is -2.16. The van der Waals surface area contributed by atoms with Crippen molar-refractivity contribution in [1.29, 1.82) is 0 Å². The van der Waals surface area contributed by atoms with Crippen LogP contribution in [-0.4, -0.2) is 17.3 Å². The third-order valence-electron chi connectivity index (χ3n) is 2.28. The van der Waals surface area contributed by atoms with Crippen LogP contribution in [0.1, 0.15) is 6.42 Å². The van der Waals surface area contributed by atoms with Gasteiger partial charge in [0.1, 0.15) is 0 Å². The molecule has 1 fully saturated rings. The Morgan fingerprint density at radius 3 is 2.71 bits per heavy atom. The van der Waals surface area contributed by atoms with Crippen LogP contribution in [0.4, 0.5) is 5.69 Å². The molecule has 0 aliphatic carbocycles. The lowest BCUT2D eigenvalue weighted by molar-refractivity contribution is -0.116. The van der Waals surface area contributed by atoms with Crippen molar-refractivity contribution in [2.24, 2.45) is 0 Å². The van der Waals surface area contributed by atoms with E-state index in [0.29, 0.717) is 5.02 Å². The van der Waals surface area contributed by atoms with E-state index in [0.717, 1.165) is 18.7 Å². The van der Waals surface area contributed by atoms with Gasteiger partial charge in [0.25, 0.3) is 0 Å². The molecule has 1 aliphatic rings. The van der Waals surface area contributed by atoms with Gasteiger partial charge in [-0.1, -0.05) is 39.7 Å². The van der Waals surface area contributed by atoms with Crippen molar-refractivity contribution in [2.45, 2.75) is 11.2 Å². The highest BCUT2D eigenvalue weighted by Crippen LogP contribution is 2.30. The molecule has 0 bridgehead atoms. The third kappa shape index (κ3) is 1.66. The maximum Gasteiger partial charge on any atom is 0.240 e. The van der Waals surface area contributed by atoms with E-state index >= 15 is 0 Å². The van der Waals surface area contributed by atoms with E-state index in [1.807, 2.05) is 18.2 Å². The van der Waals surface area contributed by atoms with Crippen LogP contribution in [-0.2, 0) is 4.79 Å². The summed E-state index contributed by atoms with van der Waals surface area (Å²) in [4.78, 5) is 13.3. The van der Waals surface area contributed by atoms with Gasteiger partial charge < -0.3 is 4.90 Å². The van der Waals surface area contributed by atoms with Crippen LogP contribution in [0.2, 0.25) is 5.02 Å². The average molecular weight is 275 g/mol. The molecule has 1 amide bonds. The Balaban J connectivity index is 2.33. The van der Waals surface area contributed by atoms with E-state index in [-0.39, 0.29) is 10.7 Å². The Bertz CT molecular complexity index is 369. The molecule has 14 heavy (non-hydrogen) atoms. The van der Waals surface area contributed by atoms with Crippen molar-refractivity contribution in [3.63, 3.8) is 0 Å². The van der Waals surface area contributed by atoms with Crippen LogP contribution in [0.15, 0.2) is 24.3 Å². The van der Waals surface area contributed by atoms with Crippen molar-refractivity contribution >= 4 is 39.1 Å². The minimum Gasteiger partial charge on any atom is -0.310 e. The van der Waals surface area contributed by atoms with Crippen molar-refractivity contribution < 1.29 is 4.79 Å². The number of halogens is 2. The molecule has 4 heteroatoms. The third-order valence-corrected chi connectivity index (χ3v) is 3.45. The number of amides is 1. The SMILES string of the molecule is O=C1[C@H](Br)CCN1c1ccccc1Cl. The molecule has 2 nitrogen and oxygen atoms in total. The van der Waals surface area contributed by atoms with Gasteiger partial charge in [-0.05, 0) is 18.6 Å². The number of carbonyl (C=O) groups excluding carboxylic acids is 1. The minimum absolute atomic E-state index is 0.0567. The monoisotopic (exact) mass is 273 g/mol. The first-order chi connectivity index (χ1) is 6.70. The van der Waals surface area contributed by atoms with Gasteiger partial charge in [-0.15, -0.1) is 0 Å².